The quantitative estimate of drug-likeness (QED) is 0.577. The van der Waals surface area contributed by atoms with Crippen LogP contribution in [0.3, 0.4) is 0 Å². The Bertz CT molecular complexity index is 297. The third-order valence-electron chi connectivity index (χ3n) is 2.18. The SMILES string of the molecule is N#CCCCCc1ccc(CBr)cc1. The van der Waals surface area contributed by atoms with Gasteiger partial charge in [0, 0.05) is 11.8 Å². The molecule has 0 N–H and O–H groups in total. The molecule has 0 saturated carbocycles. The Morgan fingerprint density at radius 2 is 1.71 bits per heavy atom. The number of alkyl halides is 1. The molecule has 0 unspecified atom stereocenters. The first-order valence-electron chi connectivity index (χ1n) is 4.87. The second kappa shape index (κ2) is 6.62. The summed E-state index contributed by atoms with van der Waals surface area (Å²) in [7, 11) is 0. The van der Waals surface area contributed by atoms with E-state index in [0.717, 1.165) is 24.6 Å². The Labute approximate surface area is 93.9 Å². The molecule has 1 rings (SSSR count). The maximum Gasteiger partial charge on any atom is 0.0621 e. The van der Waals surface area contributed by atoms with Crippen molar-refractivity contribution in [2.24, 2.45) is 0 Å². The zero-order valence-electron chi connectivity index (χ0n) is 8.17. The molecule has 0 aliphatic rings. The summed E-state index contributed by atoms with van der Waals surface area (Å²) in [5.41, 5.74) is 2.68. The highest BCUT2D eigenvalue weighted by molar-refractivity contribution is 9.08. The summed E-state index contributed by atoms with van der Waals surface area (Å²) in [6.45, 7) is 0. The summed E-state index contributed by atoms with van der Waals surface area (Å²) in [6.07, 6.45) is 3.89. The molecule has 2 heteroatoms. The Morgan fingerprint density at radius 3 is 2.29 bits per heavy atom. The number of nitriles is 1. The lowest BCUT2D eigenvalue weighted by Crippen LogP contribution is -1.86. The van der Waals surface area contributed by atoms with Crippen LogP contribution in [0.1, 0.15) is 30.4 Å². The number of halogens is 1. The van der Waals surface area contributed by atoms with Crippen LogP contribution in [0.25, 0.3) is 0 Å². The maximum absolute atomic E-state index is 8.38. The minimum atomic E-state index is 0.680. The summed E-state index contributed by atoms with van der Waals surface area (Å²) >= 11 is 3.42. The lowest BCUT2D eigenvalue weighted by molar-refractivity contribution is 0.752. The molecule has 0 bridgehead atoms. The molecule has 0 aliphatic carbocycles. The van der Waals surface area contributed by atoms with Gasteiger partial charge >= 0.3 is 0 Å². The van der Waals surface area contributed by atoms with Gasteiger partial charge in [-0.1, -0.05) is 40.2 Å². The molecule has 0 saturated heterocycles. The van der Waals surface area contributed by atoms with E-state index in [1.807, 2.05) is 0 Å². The van der Waals surface area contributed by atoms with Crippen molar-refractivity contribution in [3.63, 3.8) is 0 Å². The van der Waals surface area contributed by atoms with Gasteiger partial charge in [0.1, 0.15) is 0 Å². The van der Waals surface area contributed by atoms with Crippen molar-refractivity contribution in [3.8, 4) is 6.07 Å². The molecular weight excluding hydrogens is 238 g/mol. The number of unbranched alkanes of at least 4 members (excludes halogenated alkanes) is 2. The van der Waals surface area contributed by atoms with Crippen molar-refractivity contribution in [2.75, 3.05) is 0 Å². The van der Waals surface area contributed by atoms with Gasteiger partial charge < -0.3 is 0 Å². The van der Waals surface area contributed by atoms with Gasteiger partial charge in [-0.25, -0.2) is 0 Å². The fraction of sp³-hybridized carbons (Fsp3) is 0.417. The van der Waals surface area contributed by atoms with Crippen molar-refractivity contribution in [1.82, 2.24) is 0 Å². The normalized spacial score (nSPS) is 9.71. The molecule has 1 aromatic carbocycles. The van der Waals surface area contributed by atoms with E-state index in [1.54, 1.807) is 0 Å². The monoisotopic (exact) mass is 251 g/mol. The number of nitrogens with zero attached hydrogens (tertiary/aromatic N) is 1. The van der Waals surface area contributed by atoms with Gasteiger partial charge in [0.2, 0.25) is 0 Å². The van der Waals surface area contributed by atoms with Gasteiger partial charge in [-0.2, -0.15) is 5.26 Å². The van der Waals surface area contributed by atoms with Crippen LogP contribution in [-0.2, 0) is 11.8 Å². The van der Waals surface area contributed by atoms with Crippen LogP contribution in [0.4, 0.5) is 0 Å². The number of rotatable bonds is 5. The first-order valence-corrected chi connectivity index (χ1v) is 5.99. The van der Waals surface area contributed by atoms with Gasteiger partial charge in [-0.15, -0.1) is 0 Å². The topological polar surface area (TPSA) is 23.8 Å². The van der Waals surface area contributed by atoms with Crippen LogP contribution in [0.5, 0.6) is 0 Å². The van der Waals surface area contributed by atoms with E-state index < -0.39 is 0 Å². The zero-order chi connectivity index (χ0) is 10.2. The second-order valence-corrected chi connectivity index (χ2v) is 3.88. The van der Waals surface area contributed by atoms with Crippen LogP contribution < -0.4 is 0 Å². The van der Waals surface area contributed by atoms with E-state index >= 15 is 0 Å². The molecule has 0 amide bonds. The van der Waals surface area contributed by atoms with Crippen LogP contribution >= 0.6 is 15.9 Å². The number of benzene rings is 1. The Kier molecular flexibility index (Phi) is 5.32. The molecule has 1 nitrogen and oxygen atoms in total. The molecule has 1 aromatic rings. The van der Waals surface area contributed by atoms with E-state index in [4.69, 9.17) is 5.26 Å². The molecule has 74 valence electrons. The van der Waals surface area contributed by atoms with E-state index in [2.05, 4.69) is 46.3 Å². The van der Waals surface area contributed by atoms with Gasteiger partial charge in [-0.3, -0.25) is 0 Å². The van der Waals surface area contributed by atoms with Gasteiger partial charge in [0.15, 0.2) is 0 Å². The Balaban J connectivity index is 2.33. The van der Waals surface area contributed by atoms with Crippen LogP contribution in [0, 0.1) is 11.3 Å². The van der Waals surface area contributed by atoms with E-state index in [0.29, 0.717) is 6.42 Å². The van der Waals surface area contributed by atoms with Gasteiger partial charge in [0.25, 0.3) is 0 Å². The average Bonchev–Trinajstić information content (AvgIpc) is 2.25. The summed E-state index contributed by atoms with van der Waals surface area (Å²) in [5.74, 6) is 0. The lowest BCUT2D eigenvalue weighted by atomic mass is 10.1. The highest BCUT2D eigenvalue weighted by atomic mass is 79.9. The lowest BCUT2D eigenvalue weighted by Gasteiger charge is -2.01. The van der Waals surface area contributed by atoms with Crippen LogP contribution in [0.15, 0.2) is 24.3 Å². The summed E-state index contributed by atoms with van der Waals surface area (Å²) in [6, 6.07) is 10.8. The fourth-order valence-electron chi connectivity index (χ4n) is 1.33. The Hall–Kier alpha value is -0.810. The molecule has 0 aliphatic heterocycles. The molecule has 0 spiro atoms. The van der Waals surface area contributed by atoms with E-state index in [9.17, 15) is 0 Å². The largest absolute Gasteiger partial charge is 0.198 e. The van der Waals surface area contributed by atoms with Crippen molar-refractivity contribution in [2.45, 2.75) is 31.0 Å². The third-order valence-corrected chi connectivity index (χ3v) is 2.83. The molecule has 0 atom stereocenters. The van der Waals surface area contributed by atoms with Crippen molar-refractivity contribution in [1.29, 1.82) is 5.26 Å². The third kappa shape index (κ3) is 3.93. The molecule has 0 aromatic heterocycles. The predicted octanol–water partition coefficient (Wildman–Crippen LogP) is 3.82. The van der Waals surface area contributed by atoms with Gasteiger partial charge in [-0.05, 0) is 30.4 Å². The molecule has 14 heavy (non-hydrogen) atoms. The Morgan fingerprint density at radius 1 is 1.07 bits per heavy atom. The van der Waals surface area contributed by atoms with Crippen LogP contribution in [-0.4, -0.2) is 0 Å². The van der Waals surface area contributed by atoms with Crippen molar-refractivity contribution in [3.05, 3.63) is 35.4 Å². The highest BCUT2D eigenvalue weighted by Gasteiger charge is 1.94. The highest BCUT2D eigenvalue weighted by Crippen LogP contribution is 2.10. The van der Waals surface area contributed by atoms with E-state index in [-0.39, 0.29) is 0 Å². The number of aryl methyl sites for hydroxylation is 1. The summed E-state index contributed by atoms with van der Waals surface area (Å²) in [5, 5.41) is 9.29. The smallest absolute Gasteiger partial charge is 0.0621 e. The average molecular weight is 252 g/mol. The molecule has 0 radical (unpaired) electrons. The summed E-state index contributed by atoms with van der Waals surface area (Å²) in [4.78, 5) is 0. The zero-order valence-corrected chi connectivity index (χ0v) is 9.76. The maximum atomic E-state index is 8.38. The standard InChI is InChI=1S/C12H14BrN/c13-10-12-7-5-11(6-8-12)4-2-1-3-9-14/h5-8H,1-4,10H2. The van der Waals surface area contributed by atoms with E-state index in [1.165, 1.54) is 11.1 Å². The number of hydrogen-bond donors (Lipinski definition) is 0. The first kappa shape index (κ1) is 11.3. The predicted molar refractivity (Wildman–Crippen MR) is 62.2 cm³/mol. The van der Waals surface area contributed by atoms with Crippen LogP contribution in [0.2, 0.25) is 0 Å². The minimum Gasteiger partial charge on any atom is -0.198 e. The second-order valence-electron chi connectivity index (χ2n) is 3.32. The van der Waals surface area contributed by atoms with Crippen molar-refractivity contribution < 1.29 is 0 Å². The summed E-state index contributed by atoms with van der Waals surface area (Å²) < 4.78 is 0. The molecular formula is C12H14BrN. The number of hydrogen-bond acceptors (Lipinski definition) is 1. The minimum absolute atomic E-state index is 0.680. The first-order chi connectivity index (χ1) is 6.86. The molecule has 0 fully saturated rings. The van der Waals surface area contributed by atoms with Gasteiger partial charge in [0.05, 0.1) is 6.07 Å². The fourth-order valence-corrected chi connectivity index (χ4v) is 1.70. The van der Waals surface area contributed by atoms with Crippen molar-refractivity contribution >= 4 is 15.9 Å². The molecule has 0 heterocycles.